The van der Waals surface area contributed by atoms with Crippen LogP contribution in [0.1, 0.15) is 22.6 Å². The number of benzene rings is 2. The molecule has 6 nitrogen and oxygen atoms in total. The van der Waals surface area contributed by atoms with Crippen LogP contribution in [-0.2, 0) is 6.54 Å². The summed E-state index contributed by atoms with van der Waals surface area (Å²) < 4.78 is 7.35. The van der Waals surface area contributed by atoms with Gasteiger partial charge in [0.15, 0.2) is 0 Å². The monoisotopic (exact) mass is 361 g/mol. The zero-order chi connectivity index (χ0) is 18.8. The van der Waals surface area contributed by atoms with Gasteiger partial charge >= 0.3 is 5.63 Å². The summed E-state index contributed by atoms with van der Waals surface area (Å²) in [6, 6.07) is 16.7. The van der Waals surface area contributed by atoms with Crippen LogP contribution in [0.4, 0.5) is 0 Å². The van der Waals surface area contributed by atoms with E-state index in [9.17, 15) is 9.59 Å². The van der Waals surface area contributed by atoms with Crippen molar-refractivity contribution < 1.29 is 9.21 Å². The predicted molar refractivity (Wildman–Crippen MR) is 104 cm³/mol. The molecule has 2 aromatic carbocycles. The Labute approximate surface area is 155 Å². The lowest BCUT2D eigenvalue weighted by atomic mass is 10.2. The summed E-state index contributed by atoms with van der Waals surface area (Å²) in [6.45, 7) is 3.16. The number of amides is 1. The summed E-state index contributed by atoms with van der Waals surface area (Å²) in [5, 5.41) is 3.53. The van der Waals surface area contributed by atoms with Crippen molar-refractivity contribution in [2.45, 2.75) is 19.9 Å². The third-order valence-electron chi connectivity index (χ3n) is 4.58. The van der Waals surface area contributed by atoms with Gasteiger partial charge in [0.05, 0.1) is 11.0 Å². The quantitative estimate of drug-likeness (QED) is 0.437. The molecule has 0 saturated carbocycles. The topological polar surface area (TPSA) is 77.1 Å². The summed E-state index contributed by atoms with van der Waals surface area (Å²) in [5.74, 6) is 0.527. The minimum absolute atomic E-state index is 0.0259. The lowest BCUT2D eigenvalue weighted by molar-refractivity contribution is 0.0949. The average molecular weight is 361 g/mol. The highest BCUT2D eigenvalue weighted by molar-refractivity contribution is 5.96. The van der Waals surface area contributed by atoms with Crippen LogP contribution in [-0.4, -0.2) is 22.0 Å². The summed E-state index contributed by atoms with van der Waals surface area (Å²) in [4.78, 5) is 28.9. The Morgan fingerprint density at radius 2 is 1.93 bits per heavy atom. The number of carbonyl (C=O) groups excluding carboxylic acids is 1. The molecule has 2 aromatic heterocycles. The fourth-order valence-corrected chi connectivity index (χ4v) is 3.23. The Hall–Kier alpha value is -3.41. The van der Waals surface area contributed by atoms with Crippen LogP contribution in [0.2, 0.25) is 0 Å². The Kier molecular flexibility index (Phi) is 4.46. The first-order valence-corrected chi connectivity index (χ1v) is 8.86. The van der Waals surface area contributed by atoms with Gasteiger partial charge in [0.2, 0.25) is 0 Å². The zero-order valence-electron chi connectivity index (χ0n) is 14.9. The second-order valence-corrected chi connectivity index (χ2v) is 6.39. The van der Waals surface area contributed by atoms with Gasteiger partial charge < -0.3 is 14.3 Å². The maximum absolute atomic E-state index is 12.4. The van der Waals surface area contributed by atoms with Crippen molar-refractivity contribution in [2.24, 2.45) is 0 Å². The van der Waals surface area contributed by atoms with Gasteiger partial charge in [0.1, 0.15) is 17.0 Å². The van der Waals surface area contributed by atoms with Gasteiger partial charge in [-0.15, -0.1) is 0 Å². The standard InChI is InChI=1S/C21H19N3O3/c1-14-23-17-8-3-4-9-18(17)24(14)12-6-11-22-20(25)16-13-15-7-2-5-10-19(15)27-21(16)26/h2-5,7-10,13H,6,11-12H2,1H3,(H,22,25). The van der Waals surface area contributed by atoms with Gasteiger partial charge in [-0.25, -0.2) is 9.78 Å². The maximum atomic E-state index is 12.4. The third-order valence-corrected chi connectivity index (χ3v) is 4.58. The van der Waals surface area contributed by atoms with E-state index in [-0.39, 0.29) is 5.56 Å². The molecule has 0 unspecified atom stereocenters. The lowest BCUT2D eigenvalue weighted by Gasteiger charge is -2.08. The fourth-order valence-electron chi connectivity index (χ4n) is 3.23. The van der Waals surface area contributed by atoms with Crippen LogP contribution < -0.4 is 10.9 Å². The first-order chi connectivity index (χ1) is 13.1. The number of hydrogen-bond donors (Lipinski definition) is 1. The van der Waals surface area contributed by atoms with Crippen molar-refractivity contribution in [3.05, 3.63) is 76.4 Å². The van der Waals surface area contributed by atoms with E-state index >= 15 is 0 Å². The Balaban J connectivity index is 1.42. The first kappa shape index (κ1) is 17.0. The van der Waals surface area contributed by atoms with Crippen LogP contribution in [0.3, 0.4) is 0 Å². The SMILES string of the molecule is Cc1nc2ccccc2n1CCCNC(=O)c1cc2ccccc2oc1=O. The number of aromatic nitrogens is 2. The van der Waals surface area contributed by atoms with E-state index in [1.54, 1.807) is 18.2 Å². The molecule has 0 spiro atoms. The van der Waals surface area contributed by atoms with Gasteiger partial charge in [-0.1, -0.05) is 30.3 Å². The highest BCUT2D eigenvalue weighted by Gasteiger charge is 2.13. The summed E-state index contributed by atoms with van der Waals surface area (Å²) in [7, 11) is 0. The van der Waals surface area contributed by atoms with Gasteiger partial charge in [-0.3, -0.25) is 4.79 Å². The van der Waals surface area contributed by atoms with Crippen LogP contribution in [0, 0.1) is 6.92 Å². The number of fused-ring (bicyclic) bond motifs is 2. The molecule has 27 heavy (non-hydrogen) atoms. The zero-order valence-corrected chi connectivity index (χ0v) is 14.9. The van der Waals surface area contributed by atoms with Crippen molar-refractivity contribution in [1.82, 2.24) is 14.9 Å². The number of nitrogens with zero attached hydrogens (tertiary/aromatic N) is 2. The summed E-state index contributed by atoms with van der Waals surface area (Å²) in [5.41, 5.74) is 1.92. The molecule has 0 radical (unpaired) electrons. The number of para-hydroxylation sites is 3. The molecular weight excluding hydrogens is 342 g/mol. The highest BCUT2D eigenvalue weighted by atomic mass is 16.4. The van der Waals surface area contributed by atoms with Crippen molar-refractivity contribution >= 4 is 27.9 Å². The molecule has 4 rings (SSSR count). The normalized spacial score (nSPS) is 11.1. The largest absolute Gasteiger partial charge is 0.422 e. The third kappa shape index (κ3) is 3.33. The van der Waals surface area contributed by atoms with E-state index in [0.717, 1.165) is 35.2 Å². The van der Waals surface area contributed by atoms with E-state index in [1.165, 1.54) is 0 Å². The smallest absolute Gasteiger partial charge is 0.349 e. The van der Waals surface area contributed by atoms with E-state index in [1.807, 2.05) is 43.3 Å². The van der Waals surface area contributed by atoms with Crippen LogP contribution in [0.5, 0.6) is 0 Å². The molecule has 1 amide bonds. The summed E-state index contributed by atoms with van der Waals surface area (Å²) in [6.07, 6.45) is 0.728. The molecule has 0 aliphatic carbocycles. The number of aryl methyl sites for hydroxylation is 2. The molecule has 0 saturated heterocycles. The number of hydrogen-bond acceptors (Lipinski definition) is 4. The average Bonchev–Trinajstić information content (AvgIpc) is 2.99. The molecule has 0 bridgehead atoms. The molecule has 0 aliphatic heterocycles. The van der Waals surface area contributed by atoms with Crippen LogP contribution >= 0.6 is 0 Å². The lowest BCUT2D eigenvalue weighted by Crippen LogP contribution is -2.29. The van der Waals surface area contributed by atoms with E-state index in [2.05, 4.69) is 14.9 Å². The minimum Gasteiger partial charge on any atom is -0.422 e. The van der Waals surface area contributed by atoms with Crippen molar-refractivity contribution in [3.63, 3.8) is 0 Å². The Morgan fingerprint density at radius 1 is 1.15 bits per heavy atom. The summed E-state index contributed by atoms with van der Waals surface area (Å²) >= 11 is 0. The Bertz CT molecular complexity index is 1190. The number of rotatable bonds is 5. The maximum Gasteiger partial charge on any atom is 0.349 e. The molecular formula is C21H19N3O3. The molecule has 0 fully saturated rings. The van der Waals surface area contributed by atoms with E-state index in [4.69, 9.17) is 4.42 Å². The van der Waals surface area contributed by atoms with Crippen LogP contribution in [0.15, 0.2) is 63.8 Å². The van der Waals surface area contributed by atoms with Crippen molar-refractivity contribution in [2.75, 3.05) is 6.54 Å². The molecule has 2 heterocycles. The molecule has 0 atom stereocenters. The van der Waals surface area contributed by atoms with Gasteiger partial charge in [0, 0.05) is 18.5 Å². The molecule has 6 heteroatoms. The van der Waals surface area contributed by atoms with Gasteiger partial charge in [-0.2, -0.15) is 0 Å². The number of imidazole rings is 1. The van der Waals surface area contributed by atoms with Gasteiger partial charge in [-0.05, 0) is 37.6 Å². The predicted octanol–water partition coefficient (Wildman–Crippen LogP) is 3.27. The number of nitrogens with one attached hydrogen (secondary N) is 1. The fraction of sp³-hybridized carbons (Fsp3) is 0.190. The second-order valence-electron chi connectivity index (χ2n) is 6.39. The second kappa shape index (κ2) is 7.07. The molecule has 4 aromatic rings. The highest BCUT2D eigenvalue weighted by Crippen LogP contribution is 2.16. The van der Waals surface area contributed by atoms with Crippen LogP contribution in [0.25, 0.3) is 22.0 Å². The van der Waals surface area contributed by atoms with E-state index in [0.29, 0.717) is 12.1 Å². The Morgan fingerprint density at radius 3 is 2.81 bits per heavy atom. The molecule has 136 valence electrons. The van der Waals surface area contributed by atoms with E-state index < -0.39 is 11.5 Å². The number of carbonyl (C=O) groups is 1. The first-order valence-electron chi connectivity index (χ1n) is 8.86. The molecule has 1 N–H and O–H groups in total. The minimum atomic E-state index is -0.623. The van der Waals surface area contributed by atoms with Gasteiger partial charge in [0.25, 0.3) is 5.91 Å². The molecule has 0 aliphatic rings. The van der Waals surface area contributed by atoms with Crippen molar-refractivity contribution in [1.29, 1.82) is 0 Å². The van der Waals surface area contributed by atoms with Crippen molar-refractivity contribution in [3.8, 4) is 0 Å².